The van der Waals surface area contributed by atoms with E-state index in [1.165, 1.54) is 10.7 Å². The lowest BCUT2D eigenvalue weighted by atomic mass is 9.97. The van der Waals surface area contributed by atoms with Crippen molar-refractivity contribution < 1.29 is 18.4 Å². The molecule has 2 aromatic carbocycles. The first-order chi connectivity index (χ1) is 13.4. The summed E-state index contributed by atoms with van der Waals surface area (Å²) in [5, 5.41) is 4.41. The van der Waals surface area contributed by atoms with Crippen LogP contribution < -0.4 is 10.6 Å². The van der Waals surface area contributed by atoms with Crippen LogP contribution in [0.3, 0.4) is 0 Å². The van der Waals surface area contributed by atoms with Gasteiger partial charge in [0.1, 0.15) is 5.82 Å². The highest BCUT2D eigenvalue weighted by molar-refractivity contribution is 6.23. The molecule has 1 aliphatic rings. The van der Waals surface area contributed by atoms with Gasteiger partial charge in [-0.05, 0) is 31.2 Å². The average molecular weight is 382 g/mol. The van der Waals surface area contributed by atoms with Gasteiger partial charge in [0.15, 0.2) is 11.6 Å². The number of nitrogen functional groups attached to an aromatic ring is 1. The van der Waals surface area contributed by atoms with Gasteiger partial charge in [-0.2, -0.15) is 5.10 Å². The summed E-state index contributed by atoms with van der Waals surface area (Å²) in [6, 6.07) is 12.1. The molecule has 6 nitrogen and oxygen atoms in total. The summed E-state index contributed by atoms with van der Waals surface area (Å²) >= 11 is 0. The van der Waals surface area contributed by atoms with Gasteiger partial charge < -0.3 is 5.73 Å². The Bertz CT molecular complexity index is 1100. The van der Waals surface area contributed by atoms with E-state index in [1.54, 1.807) is 6.92 Å². The number of hydrogen-bond donors (Lipinski definition) is 1. The molecule has 2 N–H and O–H groups in total. The van der Waals surface area contributed by atoms with Crippen molar-refractivity contribution in [2.45, 2.75) is 19.3 Å². The zero-order valence-electron chi connectivity index (χ0n) is 14.9. The third-order valence-electron chi connectivity index (χ3n) is 4.80. The van der Waals surface area contributed by atoms with Crippen LogP contribution in [0, 0.1) is 18.6 Å². The fourth-order valence-corrected chi connectivity index (χ4v) is 3.51. The predicted molar refractivity (Wildman–Crippen MR) is 98.9 cm³/mol. The number of aromatic nitrogens is 2. The summed E-state index contributed by atoms with van der Waals surface area (Å²) in [6.07, 6.45) is -0.122. The first-order valence-corrected chi connectivity index (χ1v) is 8.60. The number of rotatable bonds is 3. The third-order valence-corrected chi connectivity index (χ3v) is 4.80. The molecule has 2 amide bonds. The fourth-order valence-electron chi connectivity index (χ4n) is 3.51. The highest BCUT2D eigenvalue weighted by Gasteiger charge is 2.43. The topological polar surface area (TPSA) is 81.2 Å². The number of carbonyl (C=O) groups is 2. The van der Waals surface area contributed by atoms with E-state index in [-0.39, 0.29) is 17.9 Å². The average Bonchev–Trinajstić information content (AvgIpc) is 3.13. The molecular weight excluding hydrogens is 366 g/mol. The van der Waals surface area contributed by atoms with Gasteiger partial charge in [-0.1, -0.05) is 18.2 Å². The quantitative estimate of drug-likeness (QED) is 0.706. The van der Waals surface area contributed by atoms with E-state index in [1.807, 2.05) is 30.3 Å². The van der Waals surface area contributed by atoms with Crippen molar-refractivity contribution in [3.8, 4) is 5.69 Å². The number of para-hydroxylation sites is 1. The van der Waals surface area contributed by atoms with Gasteiger partial charge in [-0.15, -0.1) is 0 Å². The lowest BCUT2D eigenvalue weighted by molar-refractivity contribution is -0.121. The van der Waals surface area contributed by atoms with Crippen LogP contribution >= 0.6 is 0 Å². The Balaban J connectivity index is 1.73. The number of carbonyl (C=O) groups excluding carboxylic acids is 2. The van der Waals surface area contributed by atoms with E-state index >= 15 is 0 Å². The molecule has 1 atom stereocenters. The van der Waals surface area contributed by atoms with Gasteiger partial charge in [-0.3, -0.25) is 9.59 Å². The first-order valence-electron chi connectivity index (χ1n) is 8.60. The van der Waals surface area contributed by atoms with Gasteiger partial charge in [0, 0.05) is 18.1 Å². The fraction of sp³-hybridized carbons (Fsp3) is 0.150. The van der Waals surface area contributed by atoms with Crippen LogP contribution in [0.1, 0.15) is 23.6 Å². The van der Waals surface area contributed by atoms with Crippen LogP contribution in [0.4, 0.5) is 20.3 Å². The maximum Gasteiger partial charge on any atom is 0.242 e. The molecule has 1 saturated heterocycles. The number of nitrogens with zero attached hydrogens (tertiary/aromatic N) is 3. The molecule has 1 aromatic heterocycles. The van der Waals surface area contributed by atoms with Gasteiger partial charge in [0.05, 0.1) is 23.0 Å². The van der Waals surface area contributed by atoms with Crippen molar-refractivity contribution in [2.24, 2.45) is 0 Å². The maximum atomic E-state index is 13.6. The number of amides is 2. The van der Waals surface area contributed by atoms with Crippen molar-refractivity contribution in [1.82, 2.24) is 9.78 Å². The number of nitrogens with two attached hydrogens (primary N) is 1. The minimum atomic E-state index is -1.13. The van der Waals surface area contributed by atoms with E-state index in [0.29, 0.717) is 11.3 Å². The molecule has 0 unspecified atom stereocenters. The third kappa shape index (κ3) is 2.74. The van der Waals surface area contributed by atoms with Crippen LogP contribution in [-0.2, 0) is 9.59 Å². The van der Waals surface area contributed by atoms with Crippen LogP contribution in [-0.4, -0.2) is 21.6 Å². The van der Waals surface area contributed by atoms with Crippen molar-refractivity contribution in [1.29, 1.82) is 0 Å². The van der Waals surface area contributed by atoms with Gasteiger partial charge in [-0.25, -0.2) is 18.4 Å². The standard InChI is InChI=1S/C20H16F2N4O2/c1-11-18(19(23)26(24-11)12-5-3-2-4-6-12)14-10-17(27)25(20(14)28)13-7-8-15(21)16(22)9-13/h2-9,14H,10,23H2,1H3/t14-/m1/s1. The molecule has 0 radical (unpaired) electrons. The molecule has 0 bridgehead atoms. The monoisotopic (exact) mass is 382 g/mol. The van der Waals surface area contributed by atoms with Crippen molar-refractivity contribution in [3.05, 3.63) is 71.4 Å². The summed E-state index contributed by atoms with van der Waals surface area (Å²) in [6.45, 7) is 1.71. The van der Waals surface area contributed by atoms with Crippen LogP contribution in [0.2, 0.25) is 0 Å². The minimum absolute atomic E-state index is 0.0110. The molecule has 8 heteroatoms. The Morgan fingerprint density at radius 2 is 1.75 bits per heavy atom. The van der Waals surface area contributed by atoms with Crippen molar-refractivity contribution >= 4 is 23.3 Å². The number of aryl methyl sites for hydroxylation is 1. The molecule has 0 aliphatic carbocycles. The normalized spacial score (nSPS) is 16.8. The van der Waals surface area contributed by atoms with Gasteiger partial charge >= 0.3 is 0 Å². The minimum Gasteiger partial charge on any atom is -0.383 e. The summed E-state index contributed by atoms with van der Waals surface area (Å²) in [5.41, 5.74) is 7.97. The lowest BCUT2D eigenvalue weighted by Gasteiger charge is -2.15. The van der Waals surface area contributed by atoms with Crippen molar-refractivity contribution in [2.75, 3.05) is 10.6 Å². The van der Waals surface area contributed by atoms with Gasteiger partial charge in [0.25, 0.3) is 0 Å². The number of halogens is 2. The highest BCUT2D eigenvalue weighted by Crippen LogP contribution is 2.38. The van der Waals surface area contributed by atoms with E-state index < -0.39 is 29.4 Å². The molecule has 3 aromatic rings. The molecule has 1 aliphatic heterocycles. The first kappa shape index (κ1) is 17.8. The largest absolute Gasteiger partial charge is 0.383 e. The number of anilines is 2. The molecule has 2 heterocycles. The maximum absolute atomic E-state index is 13.6. The number of benzene rings is 2. The predicted octanol–water partition coefficient (Wildman–Crippen LogP) is 3.09. The van der Waals surface area contributed by atoms with E-state index in [9.17, 15) is 18.4 Å². The molecule has 4 rings (SSSR count). The second kappa shape index (κ2) is 6.56. The molecular formula is C20H16F2N4O2. The SMILES string of the molecule is Cc1nn(-c2ccccc2)c(N)c1[C@H]1CC(=O)N(c2ccc(F)c(F)c2)C1=O. The Labute approximate surface area is 159 Å². The second-order valence-corrected chi connectivity index (χ2v) is 6.55. The molecule has 0 spiro atoms. The summed E-state index contributed by atoms with van der Waals surface area (Å²) in [5.74, 6) is -3.80. The van der Waals surface area contributed by atoms with Gasteiger partial charge in [0.2, 0.25) is 11.8 Å². The highest BCUT2D eigenvalue weighted by atomic mass is 19.2. The summed E-state index contributed by atoms with van der Waals surface area (Å²) < 4.78 is 28.3. The van der Waals surface area contributed by atoms with E-state index in [0.717, 1.165) is 22.7 Å². The van der Waals surface area contributed by atoms with Crippen LogP contribution in [0.15, 0.2) is 48.5 Å². The Kier molecular flexibility index (Phi) is 4.18. The Hall–Kier alpha value is -3.55. The zero-order chi connectivity index (χ0) is 20.0. The number of hydrogen-bond acceptors (Lipinski definition) is 4. The smallest absolute Gasteiger partial charge is 0.242 e. The summed E-state index contributed by atoms with van der Waals surface area (Å²) in [4.78, 5) is 26.3. The van der Waals surface area contributed by atoms with Crippen molar-refractivity contribution in [3.63, 3.8) is 0 Å². The summed E-state index contributed by atoms with van der Waals surface area (Å²) in [7, 11) is 0. The molecule has 1 fully saturated rings. The second-order valence-electron chi connectivity index (χ2n) is 6.55. The lowest BCUT2D eigenvalue weighted by Crippen LogP contribution is -2.30. The zero-order valence-corrected chi connectivity index (χ0v) is 14.9. The molecule has 28 heavy (non-hydrogen) atoms. The molecule has 142 valence electrons. The Morgan fingerprint density at radius 3 is 2.43 bits per heavy atom. The Morgan fingerprint density at radius 1 is 1.04 bits per heavy atom. The van der Waals surface area contributed by atoms with Crippen LogP contribution in [0.5, 0.6) is 0 Å². The molecule has 0 saturated carbocycles. The van der Waals surface area contributed by atoms with Crippen LogP contribution in [0.25, 0.3) is 5.69 Å². The number of imide groups is 1. The van der Waals surface area contributed by atoms with E-state index in [4.69, 9.17) is 5.73 Å². The van der Waals surface area contributed by atoms with E-state index in [2.05, 4.69) is 5.10 Å².